The number of halogens is 1. The molecule has 1 aliphatic rings. The summed E-state index contributed by atoms with van der Waals surface area (Å²) in [6, 6.07) is 4.09. The molecule has 0 spiro atoms. The SMILES string of the molecule is O=C(NCC1(CBr)CCCC1)c1cc2sccc2s1. The standard InChI is InChI=1S/C14H16BrNOS2/c15-8-14(4-1-2-5-14)9-16-13(17)12-7-11-10(19-12)3-6-18-11/h3,6-7H,1-2,4-5,8-9H2,(H,16,17). The Kier molecular flexibility index (Phi) is 3.96. The minimum Gasteiger partial charge on any atom is -0.351 e. The van der Waals surface area contributed by atoms with Gasteiger partial charge in [0.05, 0.1) is 4.88 Å². The van der Waals surface area contributed by atoms with Crippen molar-refractivity contribution < 1.29 is 4.79 Å². The summed E-state index contributed by atoms with van der Waals surface area (Å²) >= 11 is 6.90. The van der Waals surface area contributed by atoms with Crippen LogP contribution in [-0.2, 0) is 0 Å². The number of nitrogens with one attached hydrogen (secondary N) is 1. The minimum absolute atomic E-state index is 0.0839. The third-order valence-corrected chi connectivity index (χ3v) is 7.22. The van der Waals surface area contributed by atoms with E-state index in [1.165, 1.54) is 35.1 Å². The van der Waals surface area contributed by atoms with Crippen molar-refractivity contribution in [1.29, 1.82) is 0 Å². The fraction of sp³-hybridized carbons (Fsp3) is 0.500. The highest BCUT2D eigenvalue weighted by Crippen LogP contribution is 2.39. The maximum Gasteiger partial charge on any atom is 0.261 e. The molecule has 0 saturated heterocycles. The van der Waals surface area contributed by atoms with Crippen LogP contribution in [0.5, 0.6) is 0 Å². The molecule has 0 radical (unpaired) electrons. The lowest BCUT2D eigenvalue weighted by atomic mass is 9.89. The molecule has 1 amide bonds. The average Bonchev–Trinajstić information content (AvgIpc) is 3.11. The Morgan fingerprint density at radius 1 is 1.37 bits per heavy atom. The Morgan fingerprint density at radius 2 is 2.16 bits per heavy atom. The fourth-order valence-electron chi connectivity index (χ4n) is 2.72. The van der Waals surface area contributed by atoms with Crippen molar-refractivity contribution in [2.45, 2.75) is 25.7 Å². The second kappa shape index (κ2) is 5.54. The molecular weight excluding hydrogens is 342 g/mol. The summed E-state index contributed by atoms with van der Waals surface area (Å²) in [4.78, 5) is 13.1. The van der Waals surface area contributed by atoms with Crippen LogP contribution in [0.2, 0.25) is 0 Å². The lowest BCUT2D eigenvalue weighted by Gasteiger charge is -2.26. The molecule has 2 aromatic heterocycles. The molecule has 0 atom stereocenters. The van der Waals surface area contributed by atoms with Gasteiger partial charge in [-0.15, -0.1) is 22.7 Å². The number of amides is 1. The zero-order chi connectivity index (χ0) is 13.3. The highest BCUT2D eigenvalue weighted by molar-refractivity contribution is 9.09. The van der Waals surface area contributed by atoms with Gasteiger partial charge in [0.2, 0.25) is 0 Å². The van der Waals surface area contributed by atoms with Gasteiger partial charge < -0.3 is 5.32 Å². The van der Waals surface area contributed by atoms with Crippen LogP contribution < -0.4 is 5.32 Å². The molecule has 2 heterocycles. The highest BCUT2D eigenvalue weighted by Gasteiger charge is 2.33. The van der Waals surface area contributed by atoms with E-state index in [4.69, 9.17) is 0 Å². The largest absolute Gasteiger partial charge is 0.351 e. The molecule has 3 rings (SSSR count). The van der Waals surface area contributed by atoms with Crippen molar-refractivity contribution in [1.82, 2.24) is 5.32 Å². The monoisotopic (exact) mass is 357 g/mol. The molecule has 0 bridgehead atoms. The van der Waals surface area contributed by atoms with E-state index in [2.05, 4.69) is 32.7 Å². The maximum absolute atomic E-state index is 12.2. The number of fused-ring (bicyclic) bond motifs is 1. The van der Waals surface area contributed by atoms with Crippen molar-refractivity contribution >= 4 is 53.9 Å². The summed E-state index contributed by atoms with van der Waals surface area (Å²) in [5.74, 6) is 0.0839. The molecule has 19 heavy (non-hydrogen) atoms. The molecule has 1 fully saturated rings. The summed E-state index contributed by atoms with van der Waals surface area (Å²) < 4.78 is 2.43. The van der Waals surface area contributed by atoms with Crippen molar-refractivity contribution in [3.63, 3.8) is 0 Å². The normalized spacial score (nSPS) is 17.9. The molecule has 5 heteroatoms. The van der Waals surface area contributed by atoms with E-state index in [0.29, 0.717) is 0 Å². The van der Waals surface area contributed by atoms with Crippen molar-refractivity contribution in [2.75, 3.05) is 11.9 Å². The molecule has 2 aromatic rings. The van der Waals surface area contributed by atoms with Gasteiger partial charge in [0.1, 0.15) is 0 Å². The van der Waals surface area contributed by atoms with Crippen molar-refractivity contribution in [3.8, 4) is 0 Å². The lowest BCUT2D eigenvalue weighted by Crippen LogP contribution is -2.36. The van der Waals surface area contributed by atoms with Gasteiger partial charge in [-0.1, -0.05) is 28.8 Å². The molecule has 1 N–H and O–H groups in total. The Balaban J connectivity index is 1.66. The smallest absolute Gasteiger partial charge is 0.261 e. The Morgan fingerprint density at radius 3 is 2.84 bits per heavy atom. The van der Waals surface area contributed by atoms with Crippen LogP contribution in [0.3, 0.4) is 0 Å². The van der Waals surface area contributed by atoms with Crippen molar-refractivity contribution in [2.24, 2.45) is 5.41 Å². The van der Waals surface area contributed by atoms with E-state index >= 15 is 0 Å². The summed E-state index contributed by atoms with van der Waals surface area (Å²) in [5, 5.41) is 6.19. The van der Waals surface area contributed by atoms with Gasteiger partial charge in [-0.25, -0.2) is 0 Å². The van der Waals surface area contributed by atoms with Gasteiger partial charge >= 0.3 is 0 Å². The number of hydrogen-bond donors (Lipinski definition) is 1. The first-order valence-corrected chi connectivity index (χ1v) is 9.35. The van der Waals surface area contributed by atoms with E-state index in [1.54, 1.807) is 22.7 Å². The van der Waals surface area contributed by atoms with Crippen LogP contribution in [0.25, 0.3) is 9.40 Å². The molecule has 102 valence electrons. The highest BCUT2D eigenvalue weighted by atomic mass is 79.9. The second-order valence-electron chi connectivity index (χ2n) is 5.28. The predicted octanol–water partition coefficient (Wildman–Crippen LogP) is 4.65. The minimum atomic E-state index is 0.0839. The molecule has 1 aliphatic carbocycles. The Hall–Kier alpha value is -0.390. The number of alkyl halides is 1. The Bertz CT molecular complexity index is 555. The maximum atomic E-state index is 12.2. The zero-order valence-electron chi connectivity index (χ0n) is 10.6. The number of hydrogen-bond acceptors (Lipinski definition) is 3. The molecule has 0 unspecified atom stereocenters. The predicted molar refractivity (Wildman–Crippen MR) is 86.7 cm³/mol. The summed E-state index contributed by atoms with van der Waals surface area (Å²) in [7, 11) is 0. The van der Waals surface area contributed by atoms with Gasteiger partial charge in [-0.05, 0) is 35.8 Å². The van der Waals surface area contributed by atoms with Gasteiger partial charge in [0.15, 0.2) is 0 Å². The first-order valence-electron chi connectivity index (χ1n) is 6.54. The van der Waals surface area contributed by atoms with Crippen molar-refractivity contribution in [3.05, 3.63) is 22.4 Å². The molecular formula is C14H16BrNOS2. The third kappa shape index (κ3) is 2.73. The number of rotatable bonds is 4. The lowest BCUT2D eigenvalue weighted by molar-refractivity contribution is 0.0939. The molecule has 2 nitrogen and oxygen atoms in total. The van der Waals surface area contributed by atoms with Crippen LogP contribution in [0, 0.1) is 5.41 Å². The van der Waals surface area contributed by atoms with E-state index in [1.807, 2.05) is 6.07 Å². The summed E-state index contributed by atoms with van der Waals surface area (Å²) in [6.07, 6.45) is 5.02. The first-order chi connectivity index (χ1) is 9.22. The van der Waals surface area contributed by atoms with Gasteiger partial charge in [0.25, 0.3) is 5.91 Å². The van der Waals surface area contributed by atoms with Crippen LogP contribution >= 0.6 is 38.6 Å². The molecule has 0 aliphatic heterocycles. The topological polar surface area (TPSA) is 29.1 Å². The quantitative estimate of drug-likeness (QED) is 0.792. The number of carbonyl (C=O) groups is 1. The van der Waals surface area contributed by atoms with Crippen LogP contribution in [0.15, 0.2) is 17.5 Å². The van der Waals surface area contributed by atoms with Crippen LogP contribution in [0.4, 0.5) is 0 Å². The number of carbonyl (C=O) groups excluding carboxylic acids is 1. The van der Waals surface area contributed by atoms with Crippen LogP contribution in [-0.4, -0.2) is 17.8 Å². The van der Waals surface area contributed by atoms with Gasteiger partial charge in [-0.2, -0.15) is 0 Å². The number of thiophene rings is 2. The average molecular weight is 358 g/mol. The first kappa shape index (κ1) is 13.6. The second-order valence-corrected chi connectivity index (χ2v) is 7.88. The molecule has 1 saturated carbocycles. The van der Waals surface area contributed by atoms with E-state index in [-0.39, 0.29) is 11.3 Å². The van der Waals surface area contributed by atoms with E-state index in [9.17, 15) is 4.79 Å². The third-order valence-electron chi connectivity index (χ3n) is 3.93. The zero-order valence-corrected chi connectivity index (χ0v) is 13.8. The van der Waals surface area contributed by atoms with E-state index < -0.39 is 0 Å². The summed E-state index contributed by atoms with van der Waals surface area (Å²) in [5.41, 5.74) is 0.282. The van der Waals surface area contributed by atoms with E-state index in [0.717, 1.165) is 16.8 Å². The summed E-state index contributed by atoms with van der Waals surface area (Å²) in [6.45, 7) is 0.794. The Labute approximate surface area is 129 Å². The fourth-order valence-corrected chi connectivity index (χ4v) is 5.50. The van der Waals surface area contributed by atoms with Gasteiger partial charge in [0, 0.05) is 21.3 Å². The molecule has 0 aromatic carbocycles. The van der Waals surface area contributed by atoms with Gasteiger partial charge in [-0.3, -0.25) is 4.79 Å². The van der Waals surface area contributed by atoms with Crippen LogP contribution in [0.1, 0.15) is 35.4 Å².